The Balaban J connectivity index is 0.000000720. The predicted molar refractivity (Wildman–Crippen MR) is 47.0 cm³/mol. The summed E-state index contributed by atoms with van der Waals surface area (Å²) in [5, 5.41) is 0. The van der Waals surface area contributed by atoms with Gasteiger partial charge in [0.2, 0.25) is 0 Å². The third kappa shape index (κ3) is 3.96. The van der Waals surface area contributed by atoms with Crippen molar-refractivity contribution in [3.05, 3.63) is 0 Å². The van der Waals surface area contributed by atoms with Gasteiger partial charge < -0.3 is 9.60 Å². The van der Waals surface area contributed by atoms with Gasteiger partial charge >= 0.3 is 51.4 Å². The van der Waals surface area contributed by atoms with Crippen LogP contribution >= 0.6 is 0 Å². The van der Waals surface area contributed by atoms with Crippen molar-refractivity contribution in [2.24, 2.45) is 4.99 Å². The molecule has 0 amide bonds. The van der Waals surface area contributed by atoms with Crippen LogP contribution in [-0.2, 0) is 0 Å². The zero-order valence-corrected chi connectivity index (χ0v) is 11.6. The molecule has 70 valence electrons. The Bertz CT molecular complexity index is 173. The van der Waals surface area contributed by atoms with Gasteiger partial charge in [-0.25, -0.2) is 0 Å². The molecule has 2 rings (SSSR count). The van der Waals surface area contributed by atoms with Gasteiger partial charge in [0.15, 0.2) is 0 Å². The summed E-state index contributed by atoms with van der Waals surface area (Å²) in [6.45, 7) is 3.60. The van der Waals surface area contributed by atoms with Gasteiger partial charge in [-0.15, -0.1) is 0 Å². The third-order valence-corrected chi connectivity index (χ3v) is 2.57. The van der Waals surface area contributed by atoms with E-state index in [-0.39, 0.29) is 56.1 Å². The van der Waals surface area contributed by atoms with E-state index < -0.39 is 0 Å². The maximum Gasteiger partial charge on any atom is 1.00 e. The number of nitrogens with zero attached hydrogens (tertiary/aromatic N) is 2. The van der Waals surface area contributed by atoms with Gasteiger partial charge in [0.1, 0.15) is 0 Å². The second kappa shape index (κ2) is 7.34. The molecule has 0 N–H and O–H groups in total. The van der Waals surface area contributed by atoms with Gasteiger partial charge in [-0.3, -0.25) is 4.99 Å². The Morgan fingerprint density at radius 2 is 1.77 bits per heavy atom. The molecule has 0 radical (unpaired) electrons. The molecule has 0 spiro atoms. The predicted octanol–water partition coefficient (Wildman–Crippen LogP) is -4.33. The zero-order valence-electron chi connectivity index (χ0n) is 8.43. The molecule has 0 saturated carbocycles. The minimum Gasteiger partial charge on any atom is -1.00 e. The molecule has 0 bridgehead atoms. The van der Waals surface area contributed by atoms with Crippen molar-refractivity contribution in [2.75, 3.05) is 19.6 Å². The van der Waals surface area contributed by atoms with E-state index in [1.165, 1.54) is 51.0 Å². The summed E-state index contributed by atoms with van der Waals surface area (Å²) in [7, 11) is 0. The molecule has 13 heavy (non-hydrogen) atoms. The van der Waals surface area contributed by atoms with Crippen molar-refractivity contribution in [3.63, 3.8) is 0 Å². The van der Waals surface area contributed by atoms with E-state index in [1.54, 1.807) is 0 Å². The van der Waals surface area contributed by atoms with Crippen LogP contribution in [0.15, 0.2) is 4.99 Å². The number of amidine groups is 1. The number of aliphatic imine (C=N–C) groups is 1. The molecule has 4 heteroatoms. The van der Waals surface area contributed by atoms with E-state index in [4.69, 9.17) is 0 Å². The van der Waals surface area contributed by atoms with Crippen LogP contribution in [0.2, 0.25) is 0 Å². The first kappa shape index (κ1) is 14.0. The van der Waals surface area contributed by atoms with Gasteiger partial charge in [-0.05, 0) is 19.3 Å². The van der Waals surface area contributed by atoms with Gasteiger partial charge in [0, 0.05) is 26.1 Å². The molecular weight excluding hydrogens is 194 g/mol. The fourth-order valence-electron chi connectivity index (χ4n) is 1.94. The molecule has 2 aliphatic rings. The molecule has 1 saturated heterocycles. The van der Waals surface area contributed by atoms with Gasteiger partial charge in [0.25, 0.3) is 0 Å². The minimum atomic E-state index is 0. The normalized spacial score (nSPS) is 21.5. The van der Waals surface area contributed by atoms with E-state index in [1.807, 2.05) is 0 Å². The smallest absolute Gasteiger partial charge is 1.00 e. The largest absolute Gasteiger partial charge is 1.00 e. The molecule has 0 aromatic rings. The number of fused-ring (bicyclic) bond motifs is 1. The quantitative estimate of drug-likeness (QED) is 0.369. The Morgan fingerprint density at radius 3 is 2.62 bits per heavy atom. The van der Waals surface area contributed by atoms with Crippen LogP contribution in [0.4, 0.5) is 0 Å². The van der Waals surface area contributed by atoms with Gasteiger partial charge in [-0.2, -0.15) is 0 Å². The minimum absolute atomic E-state index is 0. The van der Waals surface area contributed by atoms with Crippen LogP contribution in [0.1, 0.15) is 32.1 Å². The Kier molecular flexibility index (Phi) is 7.93. The van der Waals surface area contributed by atoms with Crippen molar-refractivity contribution in [3.8, 4) is 0 Å². The van der Waals surface area contributed by atoms with E-state index in [0.29, 0.717) is 0 Å². The fourth-order valence-corrected chi connectivity index (χ4v) is 1.94. The first-order valence-corrected chi connectivity index (χ1v) is 4.75. The summed E-state index contributed by atoms with van der Waals surface area (Å²) in [4.78, 5) is 7.04. The summed E-state index contributed by atoms with van der Waals surface area (Å²) >= 11 is 0. The van der Waals surface area contributed by atoms with Crippen LogP contribution in [-0.4, -0.2) is 30.4 Å². The summed E-state index contributed by atoms with van der Waals surface area (Å²) < 4.78 is 0. The maximum atomic E-state index is 4.55. The topological polar surface area (TPSA) is 15.6 Å². The second-order valence-corrected chi connectivity index (χ2v) is 3.45. The van der Waals surface area contributed by atoms with Gasteiger partial charge in [-0.1, -0.05) is 6.42 Å². The second-order valence-electron chi connectivity index (χ2n) is 3.45. The SMILES string of the molecule is C1CCC2=NCCCN2CC1.[F-].[K+]. The molecule has 2 heterocycles. The zero-order chi connectivity index (χ0) is 7.52. The summed E-state index contributed by atoms with van der Waals surface area (Å²) in [5.74, 6) is 1.40. The Hall–Kier alpha value is 1.04. The summed E-state index contributed by atoms with van der Waals surface area (Å²) in [5.41, 5.74) is 0. The number of halogens is 1. The van der Waals surface area contributed by atoms with Crippen LogP contribution in [0, 0.1) is 0 Å². The van der Waals surface area contributed by atoms with Crippen LogP contribution in [0.25, 0.3) is 0 Å². The van der Waals surface area contributed by atoms with Crippen molar-refractivity contribution in [1.82, 2.24) is 4.90 Å². The van der Waals surface area contributed by atoms with Crippen molar-refractivity contribution >= 4 is 5.84 Å². The molecule has 0 aromatic carbocycles. The van der Waals surface area contributed by atoms with Crippen molar-refractivity contribution in [2.45, 2.75) is 32.1 Å². The molecule has 0 unspecified atom stereocenters. The van der Waals surface area contributed by atoms with E-state index in [9.17, 15) is 0 Å². The average molecular weight is 210 g/mol. The fraction of sp³-hybridized carbons (Fsp3) is 0.889. The molecule has 0 aliphatic carbocycles. The molecular formula is C9H16FKN2. The first-order valence-electron chi connectivity index (χ1n) is 4.75. The maximum absolute atomic E-state index is 4.55. The number of rotatable bonds is 0. The van der Waals surface area contributed by atoms with E-state index in [0.717, 1.165) is 6.54 Å². The van der Waals surface area contributed by atoms with Crippen LogP contribution in [0.3, 0.4) is 0 Å². The monoisotopic (exact) mass is 210 g/mol. The molecule has 2 aliphatic heterocycles. The molecule has 2 nitrogen and oxygen atoms in total. The van der Waals surface area contributed by atoms with Crippen LogP contribution in [0.5, 0.6) is 0 Å². The third-order valence-electron chi connectivity index (χ3n) is 2.57. The first-order chi connectivity index (χ1) is 5.47. The van der Waals surface area contributed by atoms with Crippen molar-refractivity contribution < 1.29 is 56.1 Å². The average Bonchev–Trinajstić information content (AvgIpc) is 2.28. The number of hydrogen-bond donors (Lipinski definition) is 0. The summed E-state index contributed by atoms with van der Waals surface area (Å²) in [6, 6.07) is 0. The standard InChI is InChI=1S/C9H16N2.FH.K/c1-2-5-9-10-6-4-8-11(9)7-3-1;;/h1-8H2;1H;/q;;+1/p-1. The van der Waals surface area contributed by atoms with Crippen molar-refractivity contribution in [1.29, 1.82) is 0 Å². The molecule has 0 atom stereocenters. The van der Waals surface area contributed by atoms with Crippen LogP contribution < -0.4 is 56.1 Å². The molecule has 0 aromatic heterocycles. The van der Waals surface area contributed by atoms with Gasteiger partial charge in [0.05, 0.1) is 5.84 Å². The Morgan fingerprint density at radius 1 is 1.00 bits per heavy atom. The summed E-state index contributed by atoms with van der Waals surface area (Å²) in [6.07, 6.45) is 6.63. The van der Waals surface area contributed by atoms with E-state index >= 15 is 0 Å². The Labute approximate surface area is 122 Å². The molecule has 1 fully saturated rings. The van der Waals surface area contributed by atoms with E-state index in [2.05, 4.69) is 9.89 Å². The number of hydrogen-bond acceptors (Lipinski definition) is 2.